The number of benzene rings is 2. The fraction of sp³-hybridized carbons (Fsp3) is 0.321. The lowest BCUT2D eigenvalue weighted by molar-refractivity contribution is -0.127. The summed E-state index contributed by atoms with van der Waals surface area (Å²) in [5.74, 6) is 0.112. The number of aliphatic imine (C=N–C) groups is 1. The topological polar surface area (TPSA) is 169 Å². The average molecular weight is 595 g/mol. The highest BCUT2D eigenvalue weighted by Gasteiger charge is 2.30. The Morgan fingerprint density at radius 1 is 0.905 bits per heavy atom. The second-order valence-electron chi connectivity index (χ2n) is 9.41. The maximum absolute atomic E-state index is 13.0. The molecule has 13 nitrogen and oxygen atoms in total. The molecule has 0 saturated carbocycles. The van der Waals surface area contributed by atoms with Gasteiger partial charge in [-0.25, -0.2) is 0 Å². The van der Waals surface area contributed by atoms with Crippen LogP contribution >= 0.6 is 11.6 Å². The van der Waals surface area contributed by atoms with Crippen LogP contribution in [0, 0.1) is 6.92 Å². The number of carbonyl (C=O) groups excluding carboxylic acids is 4. The molecule has 0 radical (unpaired) electrons. The average Bonchev–Trinajstić information content (AvgIpc) is 3.30. The second kappa shape index (κ2) is 13.7. The molecular formula is C28H31ClN8O5. The van der Waals surface area contributed by atoms with Crippen LogP contribution in [-0.2, 0) is 19.2 Å². The molecule has 1 aliphatic rings. The second-order valence-corrected chi connectivity index (χ2v) is 9.85. The number of aryl methyl sites for hydroxylation is 1. The van der Waals surface area contributed by atoms with Crippen molar-refractivity contribution >= 4 is 40.9 Å². The lowest BCUT2D eigenvalue weighted by Gasteiger charge is -2.14. The summed E-state index contributed by atoms with van der Waals surface area (Å²) in [6.07, 6.45) is -0.114. The lowest BCUT2D eigenvalue weighted by atomic mass is 10.00. The van der Waals surface area contributed by atoms with Crippen LogP contribution in [0.4, 0.5) is 0 Å². The summed E-state index contributed by atoms with van der Waals surface area (Å²) >= 11 is 6.14. The van der Waals surface area contributed by atoms with Crippen molar-refractivity contribution in [2.45, 2.75) is 26.3 Å². The number of amides is 4. The van der Waals surface area contributed by atoms with Gasteiger partial charge in [0.25, 0.3) is 0 Å². The fourth-order valence-corrected chi connectivity index (χ4v) is 4.47. The van der Waals surface area contributed by atoms with Gasteiger partial charge in [-0.3, -0.25) is 28.7 Å². The maximum atomic E-state index is 13.0. The molecule has 0 saturated heterocycles. The number of nitrogens with zero attached hydrogens (tertiary/aromatic N) is 4. The van der Waals surface area contributed by atoms with E-state index >= 15 is 0 Å². The number of hydrogen-bond donors (Lipinski definition) is 4. The molecule has 14 heteroatoms. The van der Waals surface area contributed by atoms with Gasteiger partial charge in [-0.1, -0.05) is 23.7 Å². The van der Waals surface area contributed by atoms with Gasteiger partial charge in [-0.05, 0) is 37.3 Å². The molecule has 0 aliphatic carbocycles. The van der Waals surface area contributed by atoms with Gasteiger partial charge in [-0.2, -0.15) is 0 Å². The Morgan fingerprint density at radius 3 is 2.26 bits per heavy atom. The molecule has 1 unspecified atom stereocenters. The summed E-state index contributed by atoms with van der Waals surface area (Å²) in [6.45, 7) is 3.10. The minimum absolute atomic E-state index is 0.114. The van der Waals surface area contributed by atoms with Gasteiger partial charge in [0.15, 0.2) is 5.82 Å². The molecule has 42 heavy (non-hydrogen) atoms. The minimum Gasteiger partial charge on any atom is -0.497 e. The SMILES string of the molecule is COc1ccc2c(c1)C(c1ccc(Cl)cc1)=NC(CC(=O)NCC(=O)NCC(=O)NCCNC(C)=O)c1nnc(C)n1-2. The fourth-order valence-electron chi connectivity index (χ4n) is 4.35. The van der Waals surface area contributed by atoms with E-state index in [9.17, 15) is 19.2 Å². The molecule has 220 valence electrons. The zero-order valence-corrected chi connectivity index (χ0v) is 24.1. The van der Waals surface area contributed by atoms with Crippen molar-refractivity contribution in [3.63, 3.8) is 0 Å². The minimum atomic E-state index is -0.729. The highest BCUT2D eigenvalue weighted by molar-refractivity contribution is 6.30. The lowest BCUT2D eigenvalue weighted by Crippen LogP contribution is -2.43. The number of hydrogen-bond acceptors (Lipinski definition) is 8. The largest absolute Gasteiger partial charge is 0.497 e. The zero-order valence-electron chi connectivity index (χ0n) is 23.4. The first-order valence-electron chi connectivity index (χ1n) is 13.1. The standard InChI is InChI=1S/C28H31ClN8O5/c1-16-35-36-28-22(13-24(39)32-15-26(41)33-14-25(40)31-11-10-30-17(2)38)34-27(18-4-6-19(29)7-5-18)21-12-20(42-3)8-9-23(21)37(16)28/h4-9,12,22H,10-11,13-15H2,1-3H3,(H,30,38)(H,31,40)(H,32,39)(H,33,41). The van der Waals surface area contributed by atoms with Crippen LogP contribution in [0.3, 0.4) is 0 Å². The van der Waals surface area contributed by atoms with E-state index in [2.05, 4.69) is 31.5 Å². The van der Waals surface area contributed by atoms with Crippen molar-refractivity contribution in [3.05, 3.63) is 70.3 Å². The maximum Gasteiger partial charge on any atom is 0.239 e. The molecule has 1 atom stereocenters. The molecule has 4 rings (SSSR count). The van der Waals surface area contributed by atoms with Gasteiger partial charge < -0.3 is 26.0 Å². The first-order valence-corrected chi connectivity index (χ1v) is 13.5. The van der Waals surface area contributed by atoms with Crippen LogP contribution in [0.5, 0.6) is 5.75 Å². The smallest absolute Gasteiger partial charge is 0.239 e. The van der Waals surface area contributed by atoms with Gasteiger partial charge in [0.1, 0.15) is 17.6 Å². The first kappa shape index (κ1) is 30.2. The van der Waals surface area contributed by atoms with Crippen molar-refractivity contribution in [2.75, 3.05) is 33.3 Å². The Labute approximate surface area is 247 Å². The number of aromatic nitrogens is 3. The molecule has 0 bridgehead atoms. The van der Waals surface area contributed by atoms with Gasteiger partial charge in [-0.15, -0.1) is 10.2 Å². The van der Waals surface area contributed by atoms with Crippen molar-refractivity contribution < 1.29 is 23.9 Å². The molecule has 1 aromatic heterocycles. The summed E-state index contributed by atoms with van der Waals surface area (Å²) in [5.41, 5.74) is 2.94. The van der Waals surface area contributed by atoms with Crippen molar-refractivity contribution in [1.29, 1.82) is 0 Å². The molecule has 0 fully saturated rings. The number of fused-ring (bicyclic) bond motifs is 3. The van der Waals surface area contributed by atoms with E-state index in [1.165, 1.54) is 6.92 Å². The number of halogens is 1. The van der Waals surface area contributed by atoms with Gasteiger partial charge in [0.05, 0.1) is 38.0 Å². The predicted octanol–water partition coefficient (Wildman–Crippen LogP) is 1.00. The number of rotatable bonds is 11. The van der Waals surface area contributed by atoms with E-state index in [-0.39, 0.29) is 38.5 Å². The van der Waals surface area contributed by atoms with Crippen LogP contribution in [-0.4, -0.2) is 77.4 Å². The Kier molecular flexibility index (Phi) is 9.86. The molecule has 2 heterocycles. The summed E-state index contributed by atoms with van der Waals surface area (Å²) in [6, 6.07) is 12.1. The summed E-state index contributed by atoms with van der Waals surface area (Å²) in [4.78, 5) is 53.0. The van der Waals surface area contributed by atoms with Gasteiger partial charge in [0.2, 0.25) is 23.6 Å². The van der Waals surface area contributed by atoms with Gasteiger partial charge >= 0.3 is 0 Å². The van der Waals surface area contributed by atoms with Crippen molar-refractivity contribution in [2.24, 2.45) is 4.99 Å². The summed E-state index contributed by atoms with van der Waals surface area (Å²) in [5, 5.41) is 19.3. The van der Waals surface area contributed by atoms with Crippen LogP contribution in [0.2, 0.25) is 5.02 Å². The predicted molar refractivity (Wildman–Crippen MR) is 155 cm³/mol. The van der Waals surface area contributed by atoms with Crippen LogP contribution in [0.15, 0.2) is 47.5 Å². The molecular weight excluding hydrogens is 564 g/mol. The molecule has 2 aromatic carbocycles. The summed E-state index contributed by atoms with van der Waals surface area (Å²) < 4.78 is 7.34. The van der Waals surface area contributed by atoms with Crippen LogP contribution < -0.4 is 26.0 Å². The molecule has 3 aromatic rings. The number of ether oxygens (including phenoxy) is 1. The van der Waals surface area contributed by atoms with Crippen LogP contribution in [0.1, 0.15) is 42.2 Å². The van der Waals surface area contributed by atoms with E-state index in [4.69, 9.17) is 21.3 Å². The van der Waals surface area contributed by atoms with E-state index in [1.807, 2.05) is 41.8 Å². The molecule has 0 spiro atoms. The Bertz CT molecular complexity index is 1520. The van der Waals surface area contributed by atoms with Crippen molar-refractivity contribution in [1.82, 2.24) is 36.0 Å². The number of methoxy groups -OCH3 is 1. The van der Waals surface area contributed by atoms with E-state index in [0.29, 0.717) is 28.1 Å². The number of carbonyl (C=O) groups is 4. The van der Waals surface area contributed by atoms with Gasteiger partial charge in [0, 0.05) is 36.2 Å². The molecule has 1 aliphatic heterocycles. The third kappa shape index (κ3) is 7.49. The third-order valence-electron chi connectivity index (χ3n) is 6.34. The Balaban J connectivity index is 1.48. The van der Waals surface area contributed by atoms with E-state index in [0.717, 1.165) is 16.8 Å². The Hall–Kier alpha value is -4.78. The molecule has 4 amide bonds. The van der Waals surface area contributed by atoms with Crippen LogP contribution in [0.25, 0.3) is 5.69 Å². The summed E-state index contributed by atoms with van der Waals surface area (Å²) in [7, 11) is 1.58. The monoisotopic (exact) mass is 594 g/mol. The molecule has 4 N–H and O–H groups in total. The number of nitrogens with one attached hydrogen (secondary N) is 4. The zero-order chi connectivity index (χ0) is 30.2. The van der Waals surface area contributed by atoms with Crippen molar-refractivity contribution in [3.8, 4) is 11.4 Å². The highest BCUT2D eigenvalue weighted by Crippen LogP contribution is 2.34. The van der Waals surface area contributed by atoms with E-state index in [1.54, 1.807) is 19.2 Å². The third-order valence-corrected chi connectivity index (χ3v) is 6.59. The highest BCUT2D eigenvalue weighted by atomic mass is 35.5. The Morgan fingerprint density at radius 2 is 1.57 bits per heavy atom. The first-order chi connectivity index (χ1) is 20.2. The van der Waals surface area contributed by atoms with E-state index < -0.39 is 23.8 Å². The quantitative estimate of drug-likeness (QED) is 0.240. The normalized spacial score (nSPS) is 13.5.